The minimum atomic E-state index is -0.767. The molecule has 1 aliphatic carbocycles. The van der Waals surface area contributed by atoms with Crippen LogP contribution in [0.1, 0.15) is 40.0 Å². The highest BCUT2D eigenvalue weighted by atomic mass is 79.9. The first-order chi connectivity index (χ1) is 8.84. The zero-order chi connectivity index (χ0) is 13.8. The zero-order valence-corrected chi connectivity index (χ0v) is 13.4. The molecule has 0 aromatic carbocycles. The first-order valence-electron chi connectivity index (χ1n) is 7.16. The van der Waals surface area contributed by atoms with Crippen LogP contribution in [-0.2, 0) is 9.47 Å². The van der Waals surface area contributed by atoms with E-state index in [9.17, 15) is 5.11 Å². The van der Waals surface area contributed by atoms with Crippen molar-refractivity contribution in [3.8, 4) is 0 Å². The maximum absolute atomic E-state index is 9.87. The van der Waals surface area contributed by atoms with Gasteiger partial charge in [0.05, 0.1) is 12.2 Å². The van der Waals surface area contributed by atoms with Crippen LogP contribution in [0.3, 0.4) is 0 Å². The number of halogens is 1. The monoisotopic (exact) mass is 330 g/mol. The predicted molar refractivity (Wildman–Crippen MR) is 77.2 cm³/mol. The molecule has 0 bridgehead atoms. The molecule has 0 spiro atoms. The molecule has 0 amide bonds. The van der Waals surface area contributed by atoms with Gasteiger partial charge in [0.25, 0.3) is 0 Å². The summed E-state index contributed by atoms with van der Waals surface area (Å²) in [5.74, 6) is 0.462. The van der Waals surface area contributed by atoms with Crippen molar-refractivity contribution in [2.45, 2.75) is 62.9 Å². The normalized spacial score (nSPS) is 49.0. The number of alkyl halides is 1. The first kappa shape index (κ1) is 14.1. The summed E-state index contributed by atoms with van der Waals surface area (Å²) in [5.41, 5.74) is 0.996. The minimum absolute atomic E-state index is 0.0623. The molecule has 2 unspecified atom stereocenters. The van der Waals surface area contributed by atoms with Crippen molar-refractivity contribution in [3.63, 3.8) is 0 Å². The molecule has 0 aromatic rings. The number of rotatable bonds is 0. The molecule has 3 nitrogen and oxygen atoms in total. The summed E-state index contributed by atoms with van der Waals surface area (Å²) in [6.45, 7) is 7.36. The molecule has 1 saturated heterocycles. The lowest BCUT2D eigenvalue weighted by Gasteiger charge is -2.52. The van der Waals surface area contributed by atoms with Crippen molar-refractivity contribution in [2.75, 3.05) is 6.61 Å². The summed E-state index contributed by atoms with van der Waals surface area (Å²) in [4.78, 5) is 0.527. The zero-order valence-electron chi connectivity index (χ0n) is 11.9. The van der Waals surface area contributed by atoms with E-state index in [4.69, 9.17) is 9.47 Å². The summed E-state index contributed by atoms with van der Waals surface area (Å²) in [6, 6.07) is 0. The highest BCUT2D eigenvalue weighted by Crippen LogP contribution is 2.54. The topological polar surface area (TPSA) is 38.7 Å². The van der Waals surface area contributed by atoms with Crippen molar-refractivity contribution in [3.05, 3.63) is 11.6 Å². The molecule has 3 aliphatic rings. The van der Waals surface area contributed by atoms with E-state index >= 15 is 0 Å². The van der Waals surface area contributed by atoms with E-state index in [1.54, 1.807) is 0 Å². The number of fused-ring (bicyclic) bond motifs is 2. The average molecular weight is 331 g/mol. The maximum atomic E-state index is 9.87. The molecule has 19 heavy (non-hydrogen) atoms. The number of hydrogen-bond acceptors (Lipinski definition) is 3. The van der Waals surface area contributed by atoms with Gasteiger partial charge in [0.1, 0.15) is 6.10 Å². The molecule has 1 saturated carbocycles. The van der Waals surface area contributed by atoms with E-state index in [1.807, 2.05) is 0 Å². The molecule has 1 N–H and O–H groups in total. The molecule has 4 heteroatoms. The van der Waals surface area contributed by atoms with Crippen LogP contribution in [0.5, 0.6) is 0 Å². The van der Waals surface area contributed by atoms with Crippen molar-refractivity contribution >= 4 is 15.9 Å². The molecule has 2 fully saturated rings. The molecule has 0 aromatic heterocycles. The van der Waals surface area contributed by atoms with Crippen LogP contribution >= 0.6 is 15.9 Å². The molecule has 2 aliphatic heterocycles. The Hall–Kier alpha value is 0.100. The van der Waals surface area contributed by atoms with Crippen LogP contribution in [0.2, 0.25) is 0 Å². The fourth-order valence-electron chi connectivity index (χ4n) is 4.10. The lowest BCUT2D eigenvalue weighted by Crippen LogP contribution is -2.53. The van der Waals surface area contributed by atoms with E-state index in [0.29, 0.717) is 17.4 Å². The van der Waals surface area contributed by atoms with Crippen molar-refractivity contribution < 1.29 is 14.6 Å². The van der Waals surface area contributed by atoms with Gasteiger partial charge in [-0.15, -0.1) is 0 Å². The highest BCUT2D eigenvalue weighted by molar-refractivity contribution is 9.09. The Morgan fingerprint density at radius 1 is 1.37 bits per heavy atom. The summed E-state index contributed by atoms with van der Waals surface area (Å²) in [7, 11) is 0. The largest absolute Gasteiger partial charge is 0.365 e. The molecule has 108 valence electrons. The Bertz CT molecular complexity index is 406. The SMILES string of the molecule is CC1(C)C2CC=C3C(CO[C@@H]3O)O[C@@]2(C)CC[C@@H]1Br. The van der Waals surface area contributed by atoms with E-state index < -0.39 is 6.29 Å². The van der Waals surface area contributed by atoms with Gasteiger partial charge in [0, 0.05) is 10.4 Å². The molecular weight excluding hydrogens is 308 g/mol. The van der Waals surface area contributed by atoms with Gasteiger partial charge in [-0.3, -0.25) is 0 Å². The number of allylic oxidation sites excluding steroid dienone is 1. The highest BCUT2D eigenvalue weighted by Gasteiger charge is 2.53. The Morgan fingerprint density at radius 2 is 2.11 bits per heavy atom. The van der Waals surface area contributed by atoms with Crippen LogP contribution in [0.4, 0.5) is 0 Å². The van der Waals surface area contributed by atoms with Gasteiger partial charge >= 0.3 is 0 Å². The van der Waals surface area contributed by atoms with Crippen LogP contribution in [-0.4, -0.2) is 34.5 Å². The van der Waals surface area contributed by atoms with Crippen molar-refractivity contribution in [1.82, 2.24) is 0 Å². The molecule has 5 atom stereocenters. The summed E-state index contributed by atoms with van der Waals surface area (Å²) >= 11 is 3.84. The Morgan fingerprint density at radius 3 is 2.84 bits per heavy atom. The number of aliphatic hydroxyl groups is 1. The van der Waals surface area contributed by atoms with Crippen molar-refractivity contribution in [2.24, 2.45) is 11.3 Å². The number of ether oxygens (including phenoxy) is 2. The average Bonchev–Trinajstić information content (AvgIpc) is 2.58. The number of aliphatic hydroxyl groups excluding tert-OH is 1. The van der Waals surface area contributed by atoms with Crippen LogP contribution in [0, 0.1) is 11.3 Å². The third-order valence-electron chi connectivity index (χ3n) is 5.40. The Kier molecular flexibility index (Phi) is 3.37. The summed E-state index contributed by atoms with van der Waals surface area (Å²) < 4.78 is 11.7. The second kappa shape index (κ2) is 4.55. The number of hydrogen-bond donors (Lipinski definition) is 1. The molecule has 3 rings (SSSR count). The smallest absolute Gasteiger partial charge is 0.179 e. The Labute approximate surface area is 123 Å². The second-order valence-corrected chi connectivity index (χ2v) is 8.03. The van der Waals surface area contributed by atoms with Crippen molar-refractivity contribution in [1.29, 1.82) is 0 Å². The van der Waals surface area contributed by atoms with Crippen LogP contribution < -0.4 is 0 Å². The van der Waals surface area contributed by atoms with Crippen LogP contribution in [0.25, 0.3) is 0 Å². The lowest BCUT2D eigenvalue weighted by molar-refractivity contribution is -0.152. The van der Waals surface area contributed by atoms with Gasteiger partial charge < -0.3 is 14.6 Å². The standard InChI is InChI=1S/C15H23BrO3/c1-14(2)11-5-4-9-10(8-18-13(9)17)19-15(11,3)7-6-12(14)16/h4,10-13,17H,5-8H2,1-3H3/t10?,11?,12-,13-,15-/m0/s1. The fraction of sp³-hybridized carbons (Fsp3) is 0.867. The summed E-state index contributed by atoms with van der Waals surface area (Å²) in [5, 5.41) is 9.87. The minimum Gasteiger partial charge on any atom is -0.365 e. The second-order valence-electron chi connectivity index (χ2n) is 6.92. The quantitative estimate of drug-likeness (QED) is 0.548. The van der Waals surface area contributed by atoms with E-state index in [2.05, 4.69) is 42.8 Å². The van der Waals surface area contributed by atoms with Gasteiger partial charge in [-0.25, -0.2) is 0 Å². The third kappa shape index (κ3) is 2.11. The van der Waals surface area contributed by atoms with Gasteiger partial charge in [-0.05, 0) is 37.5 Å². The molecule has 2 heterocycles. The third-order valence-corrected chi connectivity index (χ3v) is 7.04. The van der Waals surface area contributed by atoms with Gasteiger partial charge in [0.2, 0.25) is 0 Å². The lowest BCUT2D eigenvalue weighted by atomic mass is 9.60. The maximum Gasteiger partial charge on any atom is 0.179 e. The Balaban J connectivity index is 1.95. The molecular formula is C15H23BrO3. The predicted octanol–water partition coefficient (Wildman–Crippen LogP) is 3.01. The summed E-state index contributed by atoms with van der Waals surface area (Å²) in [6.07, 6.45) is 4.48. The van der Waals surface area contributed by atoms with Crippen LogP contribution in [0.15, 0.2) is 11.6 Å². The first-order valence-corrected chi connectivity index (χ1v) is 8.07. The van der Waals surface area contributed by atoms with E-state index in [1.165, 1.54) is 0 Å². The van der Waals surface area contributed by atoms with Gasteiger partial charge in [-0.1, -0.05) is 35.9 Å². The van der Waals surface area contributed by atoms with Gasteiger partial charge in [0.15, 0.2) is 6.29 Å². The van der Waals surface area contributed by atoms with E-state index in [-0.39, 0.29) is 17.1 Å². The molecule has 0 radical (unpaired) electrons. The van der Waals surface area contributed by atoms with E-state index in [0.717, 1.165) is 24.8 Å². The van der Waals surface area contributed by atoms with Gasteiger partial charge in [-0.2, -0.15) is 0 Å². The fourth-order valence-corrected chi connectivity index (χ4v) is 4.65.